The van der Waals surface area contributed by atoms with Gasteiger partial charge in [-0.2, -0.15) is 0 Å². The minimum absolute atomic E-state index is 0.00642. The Labute approximate surface area is 128 Å². The molecule has 0 saturated carbocycles. The van der Waals surface area contributed by atoms with Crippen LogP contribution >= 0.6 is 11.6 Å². The fraction of sp³-hybridized carbons (Fsp3) is 0.312. The summed E-state index contributed by atoms with van der Waals surface area (Å²) in [6.07, 6.45) is 5.48. The highest BCUT2D eigenvalue weighted by atomic mass is 35.5. The van der Waals surface area contributed by atoms with Gasteiger partial charge in [0.15, 0.2) is 0 Å². The van der Waals surface area contributed by atoms with Gasteiger partial charge in [0.1, 0.15) is 5.15 Å². The van der Waals surface area contributed by atoms with E-state index in [1.807, 2.05) is 18.3 Å². The molecule has 1 amide bonds. The number of aromatic nitrogens is 2. The first-order valence-corrected chi connectivity index (χ1v) is 7.43. The summed E-state index contributed by atoms with van der Waals surface area (Å²) in [7, 11) is 0. The Morgan fingerprint density at radius 3 is 2.81 bits per heavy atom. The van der Waals surface area contributed by atoms with Crippen LogP contribution in [0.1, 0.15) is 40.5 Å². The molecule has 2 aromatic rings. The molecule has 0 aromatic carbocycles. The first-order valence-electron chi connectivity index (χ1n) is 7.05. The van der Waals surface area contributed by atoms with E-state index in [2.05, 4.69) is 16.9 Å². The van der Waals surface area contributed by atoms with Gasteiger partial charge in [-0.05, 0) is 24.1 Å². The van der Waals surface area contributed by atoms with E-state index < -0.39 is 0 Å². The van der Waals surface area contributed by atoms with Crippen molar-refractivity contribution in [2.45, 2.75) is 32.9 Å². The van der Waals surface area contributed by atoms with Crippen molar-refractivity contribution >= 4 is 17.5 Å². The lowest BCUT2D eigenvalue weighted by molar-refractivity contribution is 0.0766. The molecule has 5 heteroatoms. The Balaban J connectivity index is 1.75. The van der Waals surface area contributed by atoms with Crippen LogP contribution in [0.15, 0.2) is 30.6 Å². The predicted octanol–water partition coefficient (Wildman–Crippen LogP) is 3.24. The molecule has 1 aliphatic rings. The molecule has 0 saturated heterocycles. The van der Waals surface area contributed by atoms with Crippen LogP contribution in [-0.4, -0.2) is 20.8 Å². The Morgan fingerprint density at radius 2 is 2.14 bits per heavy atom. The second-order valence-corrected chi connectivity index (χ2v) is 5.55. The summed E-state index contributed by atoms with van der Waals surface area (Å²) < 4.78 is 0. The molecule has 0 aliphatic carbocycles. The van der Waals surface area contributed by atoms with Crippen molar-refractivity contribution in [3.63, 3.8) is 0 Å². The van der Waals surface area contributed by atoms with Gasteiger partial charge in [-0.15, -0.1) is 0 Å². The molecular formula is C16H16ClN3O. The molecule has 0 unspecified atom stereocenters. The zero-order valence-corrected chi connectivity index (χ0v) is 12.6. The van der Waals surface area contributed by atoms with E-state index in [1.54, 1.807) is 17.2 Å². The number of amides is 1. The van der Waals surface area contributed by atoms with Gasteiger partial charge in [-0.1, -0.05) is 31.0 Å². The van der Waals surface area contributed by atoms with Gasteiger partial charge in [0.25, 0.3) is 5.91 Å². The summed E-state index contributed by atoms with van der Waals surface area (Å²) >= 11 is 6.06. The number of rotatable bonds is 4. The third-order valence-corrected chi connectivity index (χ3v) is 3.96. The van der Waals surface area contributed by atoms with Crippen LogP contribution in [0.5, 0.6) is 0 Å². The maximum atomic E-state index is 12.3. The van der Waals surface area contributed by atoms with Gasteiger partial charge < -0.3 is 4.90 Å². The molecule has 0 bridgehead atoms. The molecule has 3 heterocycles. The fourth-order valence-electron chi connectivity index (χ4n) is 2.55. The molecular weight excluding hydrogens is 286 g/mol. The van der Waals surface area contributed by atoms with E-state index >= 15 is 0 Å². The monoisotopic (exact) mass is 301 g/mol. The van der Waals surface area contributed by atoms with Crippen LogP contribution in [0.2, 0.25) is 5.15 Å². The number of pyridine rings is 2. The number of aryl methyl sites for hydroxylation is 1. The van der Waals surface area contributed by atoms with Crippen molar-refractivity contribution in [3.05, 3.63) is 58.1 Å². The lowest BCUT2D eigenvalue weighted by Crippen LogP contribution is -2.23. The van der Waals surface area contributed by atoms with Crippen LogP contribution in [-0.2, 0) is 19.5 Å². The van der Waals surface area contributed by atoms with Crippen molar-refractivity contribution in [2.75, 3.05) is 0 Å². The summed E-state index contributed by atoms with van der Waals surface area (Å²) in [5.74, 6) is 0.00642. The van der Waals surface area contributed by atoms with E-state index in [-0.39, 0.29) is 5.91 Å². The Hall–Kier alpha value is -1.94. The Bertz CT molecular complexity index is 670. The van der Waals surface area contributed by atoms with Crippen LogP contribution < -0.4 is 0 Å². The molecule has 108 valence electrons. The average molecular weight is 302 g/mol. The molecule has 1 aliphatic heterocycles. The van der Waals surface area contributed by atoms with Gasteiger partial charge in [-0.25, -0.2) is 4.98 Å². The second kappa shape index (κ2) is 5.82. The third kappa shape index (κ3) is 2.76. The van der Waals surface area contributed by atoms with Gasteiger partial charge in [0.2, 0.25) is 0 Å². The lowest BCUT2D eigenvalue weighted by atomic mass is 10.2. The maximum absolute atomic E-state index is 12.3. The minimum atomic E-state index is 0.00642. The quantitative estimate of drug-likeness (QED) is 0.815. The van der Waals surface area contributed by atoms with Gasteiger partial charge >= 0.3 is 0 Å². The van der Waals surface area contributed by atoms with Crippen LogP contribution in [0.4, 0.5) is 0 Å². The van der Waals surface area contributed by atoms with E-state index in [0.29, 0.717) is 23.8 Å². The van der Waals surface area contributed by atoms with E-state index in [9.17, 15) is 4.79 Å². The fourth-order valence-corrected chi connectivity index (χ4v) is 2.77. The third-order valence-electron chi connectivity index (χ3n) is 3.64. The summed E-state index contributed by atoms with van der Waals surface area (Å²) in [6.45, 7) is 3.19. The Kier molecular flexibility index (Phi) is 3.88. The highest BCUT2D eigenvalue weighted by molar-refractivity contribution is 6.30. The normalized spacial score (nSPS) is 13.6. The number of hydrogen-bond donors (Lipinski definition) is 0. The van der Waals surface area contributed by atoms with Crippen molar-refractivity contribution in [3.8, 4) is 0 Å². The largest absolute Gasteiger partial charge is 0.330 e. The standard InChI is InChI=1S/C16H16ClN3O/c1-2-3-12-5-4-11(8-19-12)9-20-10-14-13(16(20)21)6-7-18-15(14)17/h4-8H,2-3,9-10H2,1H3. The molecule has 0 spiro atoms. The highest BCUT2D eigenvalue weighted by Crippen LogP contribution is 2.28. The van der Waals surface area contributed by atoms with Crippen LogP contribution in [0, 0.1) is 0 Å². The van der Waals surface area contributed by atoms with E-state index in [1.165, 1.54) is 0 Å². The predicted molar refractivity (Wildman–Crippen MR) is 81.1 cm³/mol. The first-order chi connectivity index (χ1) is 10.2. The first kappa shape index (κ1) is 14.0. The summed E-state index contributed by atoms with van der Waals surface area (Å²) in [5.41, 5.74) is 3.59. The van der Waals surface area contributed by atoms with Crippen molar-refractivity contribution in [2.24, 2.45) is 0 Å². The van der Waals surface area contributed by atoms with Gasteiger partial charge in [0, 0.05) is 35.8 Å². The summed E-state index contributed by atoms with van der Waals surface area (Å²) in [4.78, 5) is 22.6. The molecule has 4 nitrogen and oxygen atoms in total. The summed E-state index contributed by atoms with van der Waals surface area (Å²) in [6, 6.07) is 5.79. The number of carbonyl (C=O) groups excluding carboxylic acids is 1. The number of nitrogens with zero attached hydrogens (tertiary/aromatic N) is 3. The molecule has 21 heavy (non-hydrogen) atoms. The number of hydrogen-bond acceptors (Lipinski definition) is 3. The average Bonchev–Trinajstić information content (AvgIpc) is 2.80. The Morgan fingerprint density at radius 1 is 1.29 bits per heavy atom. The van der Waals surface area contributed by atoms with E-state index in [4.69, 9.17) is 11.6 Å². The molecule has 3 rings (SSSR count). The lowest BCUT2D eigenvalue weighted by Gasteiger charge is -2.15. The summed E-state index contributed by atoms with van der Waals surface area (Å²) in [5, 5.41) is 0.416. The van der Waals surface area contributed by atoms with E-state index in [0.717, 1.165) is 29.7 Å². The number of carbonyl (C=O) groups is 1. The van der Waals surface area contributed by atoms with Crippen molar-refractivity contribution in [1.82, 2.24) is 14.9 Å². The van der Waals surface area contributed by atoms with Crippen LogP contribution in [0.3, 0.4) is 0 Å². The number of fused-ring (bicyclic) bond motifs is 1. The SMILES string of the molecule is CCCc1ccc(CN2Cc3c(ccnc3Cl)C2=O)cn1. The topological polar surface area (TPSA) is 46.1 Å². The van der Waals surface area contributed by atoms with Gasteiger partial charge in [0.05, 0.1) is 6.54 Å². The second-order valence-electron chi connectivity index (χ2n) is 5.20. The molecule has 2 aromatic heterocycles. The minimum Gasteiger partial charge on any atom is -0.330 e. The zero-order chi connectivity index (χ0) is 14.8. The maximum Gasteiger partial charge on any atom is 0.254 e. The van der Waals surface area contributed by atoms with Crippen molar-refractivity contribution < 1.29 is 4.79 Å². The molecule has 0 atom stereocenters. The molecule has 0 fully saturated rings. The molecule has 0 radical (unpaired) electrons. The smallest absolute Gasteiger partial charge is 0.254 e. The number of halogens is 1. The molecule has 0 N–H and O–H groups in total. The zero-order valence-electron chi connectivity index (χ0n) is 11.8. The van der Waals surface area contributed by atoms with Crippen molar-refractivity contribution in [1.29, 1.82) is 0 Å². The van der Waals surface area contributed by atoms with Gasteiger partial charge in [-0.3, -0.25) is 9.78 Å². The van der Waals surface area contributed by atoms with Crippen LogP contribution in [0.25, 0.3) is 0 Å². The highest BCUT2D eigenvalue weighted by Gasteiger charge is 2.29.